The maximum Gasteiger partial charge on any atom is 0.338 e. The highest BCUT2D eigenvalue weighted by molar-refractivity contribution is 9.11. The quantitative estimate of drug-likeness (QED) is 0.344. The van der Waals surface area contributed by atoms with Gasteiger partial charge in [-0.05, 0) is 49.6 Å². The number of hydrogen-bond donors (Lipinski definition) is 0. The average molecular weight is 636 g/mol. The first-order valence-corrected chi connectivity index (χ1v) is 14.9. The standard InChI is InChI=1S/C31H27BrN2O6S/c1-3-37-30(36)27-18(2)33-31-34(28(27)21-10-12-24-25(15-21)40-17-39-24)29(35)26(41-31)14-20-9-11-23(22(32)13-20)38-16-19-7-5-4-6-8-19/h4-12,14-15,20,28H,3,13,16-17H2,1-2H3/b26-14+. The van der Waals surface area contributed by atoms with Gasteiger partial charge in [0.25, 0.3) is 5.56 Å². The summed E-state index contributed by atoms with van der Waals surface area (Å²) in [7, 11) is 0. The second-order valence-corrected chi connectivity index (χ2v) is 11.7. The summed E-state index contributed by atoms with van der Waals surface area (Å²) in [6, 6.07) is 14.7. The molecule has 3 aromatic rings. The van der Waals surface area contributed by atoms with Gasteiger partial charge in [-0.2, -0.15) is 0 Å². The summed E-state index contributed by atoms with van der Waals surface area (Å²) < 4.78 is 25.5. The Hall–Kier alpha value is -3.89. The molecule has 3 aliphatic rings. The Morgan fingerprint density at radius 2 is 2.00 bits per heavy atom. The van der Waals surface area contributed by atoms with Crippen LogP contribution in [0.3, 0.4) is 0 Å². The Labute approximate surface area is 248 Å². The molecule has 0 saturated carbocycles. The second kappa shape index (κ2) is 11.5. The van der Waals surface area contributed by atoms with Crippen LogP contribution in [0.2, 0.25) is 0 Å². The highest BCUT2D eigenvalue weighted by Crippen LogP contribution is 2.38. The second-order valence-electron chi connectivity index (χ2n) is 9.71. The van der Waals surface area contributed by atoms with E-state index in [9.17, 15) is 9.59 Å². The van der Waals surface area contributed by atoms with Gasteiger partial charge >= 0.3 is 5.97 Å². The summed E-state index contributed by atoms with van der Waals surface area (Å²) in [5.41, 5.74) is 2.43. The third kappa shape index (κ3) is 5.41. The lowest BCUT2D eigenvalue weighted by Gasteiger charge is -2.24. The molecule has 41 heavy (non-hydrogen) atoms. The predicted molar refractivity (Wildman–Crippen MR) is 158 cm³/mol. The zero-order valence-electron chi connectivity index (χ0n) is 22.5. The van der Waals surface area contributed by atoms with Crippen molar-refractivity contribution in [3.63, 3.8) is 0 Å². The van der Waals surface area contributed by atoms with Crippen molar-refractivity contribution in [2.75, 3.05) is 13.4 Å². The third-order valence-electron chi connectivity index (χ3n) is 7.01. The van der Waals surface area contributed by atoms with Crippen molar-refractivity contribution in [1.82, 2.24) is 4.57 Å². The summed E-state index contributed by atoms with van der Waals surface area (Å²) in [4.78, 5) is 32.2. The van der Waals surface area contributed by atoms with E-state index in [1.54, 1.807) is 24.5 Å². The molecule has 0 spiro atoms. The van der Waals surface area contributed by atoms with E-state index in [1.165, 1.54) is 11.3 Å². The fourth-order valence-electron chi connectivity index (χ4n) is 5.05. The number of halogens is 1. The van der Waals surface area contributed by atoms with Gasteiger partial charge in [-0.25, -0.2) is 9.79 Å². The van der Waals surface area contributed by atoms with Gasteiger partial charge in [-0.15, -0.1) is 0 Å². The van der Waals surface area contributed by atoms with E-state index in [0.29, 0.717) is 50.7 Å². The number of nitrogens with zero attached hydrogens (tertiary/aromatic N) is 2. The number of benzene rings is 2. The predicted octanol–water partition coefficient (Wildman–Crippen LogP) is 4.88. The van der Waals surface area contributed by atoms with Gasteiger partial charge in [0, 0.05) is 10.4 Å². The minimum Gasteiger partial charge on any atom is -0.488 e. The van der Waals surface area contributed by atoms with Crippen LogP contribution in [0, 0.1) is 5.92 Å². The molecule has 1 aliphatic carbocycles. The molecule has 2 aromatic carbocycles. The van der Waals surface area contributed by atoms with Crippen LogP contribution in [-0.4, -0.2) is 23.9 Å². The molecule has 1 aromatic heterocycles. The normalized spacial score (nSPS) is 19.7. The number of carbonyl (C=O) groups excluding carboxylic acids is 1. The van der Waals surface area contributed by atoms with Gasteiger partial charge in [-0.3, -0.25) is 9.36 Å². The number of carbonyl (C=O) groups is 1. The molecule has 0 N–H and O–H groups in total. The molecule has 0 fully saturated rings. The number of esters is 1. The van der Waals surface area contributed by atoms with Crippen molar-refractivity contribution in [2.45, 2.75) is 32.9 Å². The van der Waals surface area contributed by atoms with Gasteiger partial charge < -0.3 is 18.9 Å². The first-order valence-electron chi connectivity index (χ1n) is 13.3. The summed E-state index contributed by atoms with van der Waals surface area (Å²) in [5.74, 6) is 1.44. The summed E-state index contributed by atoms with van der Waals surface area (Å²) >= 11 is 4.98. The monoisotopic (exact) mass is 634 g/mol. The molecule has 10 heteroatoms. The summed E-state index contributed by atoms with van der Waals surface area (Å²) in [5, 5.41) is 0. The lowest BCUT2D eigenvalue weighted by molar-refractivity contribution is -0.139. The molecular formula is C31H27BrN2O6S. The number of rotatable bonds is 7. The van der Waals surface area contributed by atoms with Gasteiger partial charge in [0.15, 0.2) is 16.3 Å². The Bertz CT molecular complexity index is 1790. The average Bonchev–Trinajstić information content (AvgIpc) is 3.56. The van der Waals surface area contributed by atoms with E-state index in [0.717, 1.165) is 15.8 Å². The lowest BCUT2D eigenvalue weighted by Crippen LogP contribution is -2.40. The molecule has 2 unspecified atom stereocenters. The van der Waals surface area contributed by atoms with Crippen LogP contribution < -0.4 is 24.4 Å². The first kappa shape index (κ1) is 27.3. The minimum atomic E-state index is -0.714. The largest absolute Gasteiger partial charge is 0.488 e. The van der Waals surface area contributed by atoms with Crippen LogP contribution in [0.4, 0.5) is 0 Å². The minimum absolute atomic E-state index is 0.0237. The van der Waals surface area contributed by atoms with Gasteiger partial charge in [0.05, 0.1) is 28.5 Å². The molecule has 210 valence electrons. The molecular weight excluding hydrogens is 608 g/mol. The zero-order valence-corrected chi connectivity index (χ0v) is 24.9. The van der Waals surface area contributed by atoms with E-state index < -0.39 is 12.0 Å². The fraction of sp³-hybridized carbons (Fsp3) is 0.258. The van der Waals surface area contributed by atoms with Crippen molar-refractivity contribution in [2.24, 2.45) is 10.9 Å². The first-order chi connectivity index (χ1) is 19.9. The fourth-order valence-corrected chi connectivity index (χ4v) is 6.77. The highest BCUT2D eigenvalue weighted by atomic mass is 79.9. The van der Waals surface area contributed by atoms with E-state index in [2.05, 4.69) is 20.9 Å². The van der Waals surface area contributed by atoms with Crippen LogP contribution in [0.5, 0.6) is 11.5 Å². The number of aromatic nitrogens is 1. The van der Waals surface area contributed by atoms with Crippen LogP contribution in [0.1, 0.15) is 37.4 Å². The van der Waals surface area contributed by atoms with Crippen LogP contribution in [-0.2, 0) is 20.9 Å². The molecule has 0 amide bonds. The number of ether oxygens (including phenoxy) is 4. The lowest BCUT2D eigenvalue weighted by atomic mass is 9.95. The Kier molecular flexibility index (Phi) is 7.68. The van der Waals surface area contributed by atoms with E-state index in [-0.39, 0.29) is 24.9 Å². The number of allylic oxidation sites excluding steroid dienone is 4. The smallest absolute Gasteiger partial charge is 0.338 e. The van der Waals surface area contributed by atoms with Crippen molar-refractivity contribution in [3.8, 4) is 11.5 Å². The van der Waals surface area contributed by atoms with E-state index in [4.69, 9.17) is 18.9 Å². The summed E-state index contributed by atoms with van der Waals surface area (Å²) in [6.07, 6.45) is 6.58. The number of thiazole rings is 1. The highest BCUT2D eigenvalue weighted by Gasteiger charge is 2.34. The molecule has 2 atom stereocenters. The topological polar surface area (TPSA) is 88.4 Å². The molecule has 0 saturated heterocycles. The Balaban J connectivity index is 1.34. The number of fused-ring (bicyclic) bond motifs is 2. The maximum atomic E-state index is 13.9. The van der Waals surface area contributed by atoms with Crippen LogP contribution in [0.15, 0.2) is 92.0 Å². The molecule has 8 nitrogen and oxygen atoms in total. The van der Waals surface area contributed by atoms with Gasteiger partial charge in [-0.1, -0.05) is 75.8 Å². The summed E-state index contributed by atoms with van der Waals surface area (Å²) in [6.45, 7) is 4.33. The van der Waals surface area contributed by atoms with Crippen molar-refractivity contribution >= 4 is 39.3 Å². The molecule has 3 heterocycles. The van der Waals surface area contributed by atoms with Crippen molar-refractivity contribution in [1.29, 1.82) is 0 Å². The van der Waals surface area contributed by atoms with E-state index >= 15 is 0 Å². The van der Waals surface area contributed by atoms with Crippen LogP contribution in [0.25, 0.3) is 6.08 Å². The maximum absolute atomic E-state index is 13.9. The Morgan fingerprint density at radius 1 is 1.20 bits per heavy atom. The molecule has 0 bridgehead atoms. The van der Waals surface area contributed by atoms with Crippen molar-refractivity contribution in [3.05, 3.63) is 113 Å². The third-order valence-corrected chi connectivity index (χ3v) is 8.72. The SMILES string of the molecule is CCOC(=O)C1=C(C)N=c2s/c(=C/C3C=CC(OCc4ccccc4)=C(Br)C3)c(=O)n2C1c1ccc2c(c1)OCO2. The Morgan fingerprint density at radius 3 is 2.78 bits per heavy atom. The van der Waals surface area contributed by atoms with Gasteiger partial charge in [0.2, 0.25) is 6.79 Å². The van der Waals surface area contributed by atoms with E-state index in [1.807, 2.05) is 60.7 Å². The van der Waals surface area contributed by atoms with Crippen molar-refractivity contribution < 1.29 is 23.7 Å². The van der Waals surface area contributed by atoms with Crippen LogP contribution >= 0.6 is 27.3 Å². The molecule has 6 rings (SSSR count). The molecule has 2 aliphatic heterocycles. The van der Waals surface area contributed by atoms with Gasteiger partial charge in [0.1, 0.15) is 12.4 Å². The zero-order chi connectivity index (χ0) is 28.5. The number of hydrogen-bond acceptors (Lipinski definition) is 8. The molecule has 0 radical (unpaired) electrons.